The Morgan fingerprint density at radius 2 is 1.68 bits per heavy atom. The number of methoxy groups -OCH3 is 4. The van der Waals surface area contributed by atoms with E-state index in [0.717, 1.165) is 5.56 Å². The molecular formula is C29H33NO7. The Labute approximate surface area is 217 Å². The molecule has 0 saturated carbocycles. The number of aliphatic imine (C=N–C) groups is 1. The van der Waals surface area contributed by atoms with Gasteiger partial charge in [-0.05, 0) is 49.9 Å². The van der Waals surface area contributed by atoms with E-state index in [9.17, 15) is 9.59 Å². The van der Waals surface area contributed by atoms with Gasteiger partial charge >= 0.3 is 5.97 Å². The van der Waals surface area contributed by atoms with Gasteiger partial charge in [0.05, 0.1) is 35.0 Å². The summed E-state index contributed by atoms with van der Waals surface area (Å²) in [6, 6.07) is 11.2. The van der Waals surface area contributed by atoms with Crippen LogP contribution in [0.5, 0.6) is 23.0 Å². The summed E-state index contributed by atoms with van der Waals surface area (Å²) in [6.07, 6.45) is 0.827. The van der Waals surface area contributed by atoms with Crippen LogP contribution in [-0.4, -0.2) is 52.5 Å². The van der Waals surface area contributed by atoms with E-state index in [1.807, 2.05) is 37.3 Å². The van der Waals surface area contributed by atoms with Gasteiger partial charge in [-0.2, -0.15) is 0 Å². The molecule has 1 aliphatic carbocycles. The van der Waals surface area contributed by atoms with E-state index >= 15 is 0 Å². The van der Waals surface area contributed by atoms with Crippen molar-refractivity contribution < 1.29 is 33.3 Å². The largest absolute Gasteiger partial charge is 0.493 e. The zero-order valence-corrected chi connectivity index (χ0v) is 22.1. The average molecular weight is 508 g/mol. The van der Waals surface area contributed by atoms with Gasteiger partial charge in [0, 0.05) is 34.9 Å². The minimum atomic E-state index is -0.749. The number of rotatable bonds is 8. The summed E-state index contributed by atoms with van der Waals surface area (Å²) in [5, 5.41) is 0. The predicted molar refractivity (Wildman–Crippen MR) is 139 cm³/mol. The van der Waals surface area contributed by atoms with Crippen molar-refractivity contribution >= 4 is 17.5 Å². The fourth-order valence-electron chi connectivity index (χ4n) is 5.43. The van der Waals surface area contributed by atoms with E-state index in [0.29, 0.717) is 52.0 Å². The molecule has 2 aromatic carbocycles. The maximum absolute atomic E-state index is 13.9. The molecule has 1 heterocycles. The lowest BCUT2D eigenvalue weighted by Crippen LogP contribution is -2.38. The second kappa shape index (κ2) is 11.1. The van der Waals surface area contributed by atoms with Crippen molar-refractivity contribution in [1.29, 1.82) is 0 Å². The van der Waals surface area contributed by atoms with E-state index in [2.05, 4.69) is 0 Å². The molecule has 0 saturated heterocycles. The molecule has 0 radical (unpaired) electrons. The Morgan fingerprint density at radius 1 is 0.946 bits per heavy atom. The lowest BCUT2D eigenvalue weighted by atomic mass is 9.69. The lowest BCUT2D eigenvalue weighted by Gasteiger charge is -2.37. The van der Waals surface area contributed by atoms with E-state index in [1.54, 1.807) is 41.4 Å². The molecule has 8 nitrogen and oxygen atoms in total. The number of para-hydroxylation sites is 1. The monoisotopic (exact) mass is 507 g/mol. The molecule has 0 fully saturated rings. The van der Waals surface area contributed by atoms with Crippen molar-refractivity contribution in [1.82, 2.24) is 0 Å². The molecule has 2 aliphatic rings. The molecule has 3 atom stereocenters. The number of allylic oxidation sites excluding steroid dienone is 2. The van der Waals surface area contributed by atoms with Crippen molar-refractivity contribution in [3.05, 3.63) is 58.8 Å². The highest BCUT2D eigenvalue weighted by molar-refractivity contribution is 6.09. The van der Waals surface area contributed by atoms with Gasteiger partial charge in [0.25, 0.3) is 0 Å². The molecule has 0 bridgehead atoms. The standard InChI is InChI=1S/C29H33NO7/c1-7-37-29(32)25-16(2)30-20-13-18(17-11-12-22(33-3)24(15-17)35-5)14-21(31)27(20)26(25)19-9-8-10-23(34-4)28(19)36-6/h8-12,15,18,25-26H,7,13-14H2,1-6H3/t18-,25?,26+/m1/s1. The fraction of sp³-hybridized carbons (Fsp3) is 0.414. The van der Waals surface area contributed by atoms with E-state index in [4.69, 9.17) is 28.7 Å². The molecule has 0 aromatic heterocycles. The summed E-state index contributed by atoms with van der Waals surface area (Å²) in [7, 11) is 6.29. The summed E-state index contributed by atoms with van der Waals surface area (Å²) >= 11 is 0. The Hall–Kier alpha value is -3.81. The first-order valence-corrected chi connectivity index (χ1v) is 12.3. The van der Waals surface area contributed by atoms with Crippen molar-refractivity contribution in [3.8, 4) is 23.0 Å². The Kier molecular flexibility index (Phi) is 7.86. The third kappa shape index (κ3) is 4.80. The van der Waals surface area contributed by atoms with Gasteiger partial charge in [-0.3, -0.25) is 14.6 Å². The maximum Gasteiger partial charge on any atom is 0.315 e. The highest BCUT2D eigenvalue weighted by atomic mass is 16.5. The molecule has 37 heavy (non-hydrogen) atoms. The lowest BCUT2D eigenvalue weighted by molar-refractivity contribution is -0.146. The van der Waals surface area contributed by atoms with Gasteiger partial charge in [-0.25, -0.2) is 0 Å². The van der Waals surface area contributed by atoms with Gasteiger partial charge in [-0.15, -0.1) is 0 Å². The summed E-state index contributed by atoms with van der Waals surface area (Å²) in [5.74, 6) is 0.337. The molecule has 1 aliphatic heterocycles. The Bertz CT molecular complexity index is 1260. The summed E-state index contributed by atoms with van der Waals surface area (Å²) in [6.45, 7) is 3.81. The minimum absolute atomic E-state index is 0.0542. The molecule has 4 rings (SSSR count). The number of esters is 1. The van der Waals surface area contributed by atoms with Crippen molar-refractivity contribution in [2.24, 2.45) is 10.9 Å². The van der Waals surface area contributed by atoms with Gasteiger partial charge in [0.2, 0.25) is 0 Å². The van der Waals surface area contributed by atoms with Crippen LogP contribution in [0.3, 0.4) is 0 Å². The van der Waals surface area contributed by atoms with Crippen LogP contribution < -0.4 is 18.9 Å². The number of benzene rings is 2. The van der Waals surface area contributed by atoms with Crippen LogP contribution in [0.15, 0.2) is 52.7 Å². The van der Waals surface area contributed by atoms with E-state index in [-0.39, 0.29) is 24.7 Å². The normalized spacial score (nSPS) is 21.1. The summed E-state index contributed by atoms with van der Waals surface area (Å²) < 4.78 is 27.5. The number of carbonyl (C=O) groups excluding carboxylic acids is 2. The van der Waals surface area contributed by atoms with Crippen molar-refractivity contribution in [2.45, 2.75) is 38.5 Å². The number of ether oxygens (including phenoxy) is 5. The Balaban J connectivity index is 1.84. The quantitative estimate of drug-likeness (QED) is 0.471. The average Bonchev–Trinajstić information content (AvgIpc) is 2.91. The van der Waals surface area contributed by atoms with E-state index in [1.165, 1.54) is 0 Å². The molecular weight excluding hydrogens is 474 g/mol. The highest BCUT2D eigenvalue weighted by Gasteiger charge is 2.46. The number of hydrogen-bond acceptors (Lipinski definition) is 8. The third-order valence-electron chi connectivity index (χ3n) is 7.08. The molecule has 2 aromatic rings. The number of nitrogens with zero attached hydrogens (tertiary/aromatic N) is 1. The Morgan fingerprint density at radius 3 is 2.32 bits per heavy atom. The number of carbonyl (C=O) groups is 2. The smallest absolute Gasteiger partial charge is 0.315 e. The predicted octanol–water partition coefficient (Wildman–Crippen LogP) is 4.86. The summed E-state index contributed by atoms with van der Waals surface area (Å²) in [5.41, 5.74) is 3.48. The molecule has 196 valence electrons. The van der Waals surface area contributed by atoms with Crippen molar-refractivity contribution in [2.75, 3.05) is 35.0 Å². The van der Waals surface area contributed by atoms with Crippen molar-refractivity contribution in [3.63, 3.8) is 0 Å². The van der Waals surface area contributed by atoms with Crippen LogP contribution in [0.25, 0.3) is 0 Å². The van der Waals surface area contributed by atoms with Gasteiger partial charge in [0.1, 0.15) is 5.92 Å². The van der Waals surface area contributed by atoms with Gasteiger partial charge < -0.3 is 23.7 Å². The number of ketones is 1. The number of Topliss-reactive ketones (excluding diaryl/α,β-unsaturated/α-hetero) is 1. The zero-order chi connectivity index (χ0) is 26.7. The third-order valence-corrected chi connectivity index (χ3v) is 7.08. The van der Waals surface area contributed by atoms with Crippen LogP contribution in [0, 0.1) is 5.92 Å². The van der Waals surface area contributed by atoms with Crippen LogP contribution in [0.1, 0.15) is 49.7 Å². The van der Waals surface area contributed by atoms with Crippen LogP contribution in [-0.2, 0) is 14.3 Å². The summed E-state index contributed by atoms with van der Waals surface area (Å²) in [4.78, 5) is 31.9. The minimum Gasteiger partial charge on any atom is -0.493 e. The molecule has 0 N–H and O–H groups in total. The van der Waals surface area contributed by atoms with Crippen LogP contribution >= 0.6 is 0 Å². The highest BCUT2D eigenvalue weighted by Crippen LogP contribution is 2.50. The first-order chi connectivity index (χ1) is 17.9. The van der Waals surface area contributed by atoms with E-state index < -0.39 is 17.8 Å². The topological polar surface area (TPSA) is 92.7 Å². The molecule has 0 spiro atoms. The van der Waals surface area contributed by atoms with Crippen LogP contribution in [0.2, 0.25) is 0 Å². The van der Waals surface area contributed by atoms with Gasteiger partial charge in [-0.1, -0.05) is 18.2 Å². The molecule has 1 unspecified atom stereocenters. The zero-order valence-electron chi connectivity index (χ0n) is 22.1. The van der Waals surface area contributed by atoms with Crippen LogP contribution in [0.4, 0.5) is 0 Å². The maximum atomic E-state index is 13.9. The molecule has 8 heteroatoms. The SMILES string of the molecule is CCOC(=O)C1C(C)=NC2=C(C(=O)C[C@H](c3ccc(OC)c(OC)c3)C2)[C@H]1c1cccc(OC)c1OC. The number of hydrogen-bond donors (Lipinski definition) is 0. The second-order valence-electron chi connectivity index (χ2n) is 9.05. The fourth-order valence-corrected chi connectivity index (χ4v) is 5.43. The first-order valence-electron chi connectivity index (χ1n) is 12.3. The second-order valence-corrected chi connectivity index (χ2v) is 9.05. The first kappa shape index (κ1) is 26.3. The van der Waals surface area contributed by atoms with Gasteiger partial charge in [0.15, 0.2) is 28.8 Å². The molecule has 0 amide bonds.